The lowest BCUT2D eigenvalue weighted by molar-refractivity contribution is 0.445. The highest BCUT2D eigenvalue weighted by Crippen LogP contribution is 2.14. The Morgan fingerprint density at radius 3 is 2.62 bits per heavy atom. The molecule has 0 aliphatic heterocycles. The number of hydrogen-bond donors (Lipinski definition) is 1. The lowest BCUT2D eigenvalue weighted by Crippen LogP contribution is -1.86. The molecule has 0 amide bonds. The zero-order valence-electron chi connectivity index (χ0n) is 6.75. The van der Waals surface area contributed by atoms with Crippen molar-refractivity contribution in [2.75, 3.05) is 0 Å². The van der Waals surface area contributed by atoms with Crippen LogP contribution >= 0.6 is 0 Å². The van der Waals surface area contributed by atoms with Crippen molar-refractivity contribution in [3.05, 3.63) is 36.7 Å². The Labute approximate surface area is 74.9 Å². The van der Waals surface area contributed by atoms with Crippen LogP contribution in [-0.4, -0.2) is 20.3 Å². The van der Waals surface area contributed by atoms with Crippen LogP contribution in [0.2, 0.25) is 0 Å². The first-order valence-corrected chi connectivity index (χ1v) is 3.79. The lowest BCUT2D eigenvalue weighted by Gasteiger charge is -1.97. The van der Waals surface area contributed by atoms with Gasteiger partial charge in [-0.3, -0.25) is 4.98 Å². The Morgan fingerprint density at radius 1 is 1.08 bits per heavy atom. The van der Waals surface area contributed by atoms with E-state index in [0.29, 0.717) is 5.69 Å². The van der Waals surface area contributed by atoms with Gasteiger partial charge >= 0.3 is 0 Å². The summed E-state index contributed by atoms with van der Waals surface area (Å²) < 4.78 is 0. The van der Waals surface area contributed by atoms with Gasteiger partial charge in [-0.15, -0.1) is 10.2 Å². The van der Waals surface area contributed by atoms with Crippen molar-refractivity contribution in [2.24, 2.45) is 0 Å². The maximum Gasteiger partial charge on any atom is 0.230 e. The van der Waals surface area contributed by atoms with Gasteiger partial charge < -0.3 is 5.11 Å². The molecule has 2 aromatic heterocycles. The molecule has 4 heteroatoms. The Hall–Kier alpha value is -1.97. The smallest absolute Gasteiger partial charge is 0.230 e. The van der Waals surface area contributed by atoms with E-state index in [1.165, 1.54) is 6.07 Å². The summed E-state index contributed by atoms with van der Waals surface area (Å²) in [4.78, 5) is 3.95. The first kappa shape index (κ1) is 7.67. The molecule has 0 saturated heterocycles. The van der Waals surface area contributed by atoms with E-state index in [-0.39, 0.29) is 5.88 Å². The highest BCUT2D eigenvalue weighted by Gasteiger charge is 1.98. The molecular formula is C9H7N3O. The summed E-state index contributed by atoms with van der Waals surface area (Å²) in [5, 5.41) is 16.3. The van der Waals surface area contributed by atoms with Crippen LogP contribution in [0.3, 0.4) is 0 Å². The van der Waals surface area contributed by atoms with E-state index >= 15 is 0 Å². The highest BCUT2D eigenvalue weighted by atomic mass is 16.3. The van der Waals surface area contributed by atoms with Crippen LogP contribution in [0.5, 0.6) is 5.88 Å². The van der Waals surface area contributed by atoms with Gasteiger partial charge in [-0.2, -0.15) is 0 Å². The second-order valence-corrected chi connectivity index (χ2v) is 2.52. The zero-order chi connectivity index (χ0) is 9.10. The van der Waals surface area contributed by atoms with Crippen LogP contribution in [0.4, 0.5) is 0 Å². The second kappa shape index (κ2) is 3.18. The number of aromatic nitrogens is 3. The molecule has 13 heavy (non-hydrogen) atoms. The molecular weight excluding hydrogens is 166 g/mol. The molecule has 0 fully saturated rings. The average molecular weight is 173 g/mol. The maximum atomic E-state index is 8.91. The fraction of sp³-hybridized carbons (Fsp3) is 0. The van der Waals surface area contributed by atoms with Gasteiger partial charge in [0, 0.05) is 24.0 Å². The molecule has 2 rings (SSSR count). The van der Waals surface area contributed by atoms with Crippen molar-refractivity contribution in [3.63, 3.8) is 0 Å². The molecule has 0 aliphatic carbocycles. The van der Waals surface area contributed by atoms with Gasteiger partial charge in [-0.25, -0.2) is 0 Å². The number of hydrogen-bond acceptors (Lipinski definition) is 4. The van der Waals surface area contributed by atoms with Crippen molar-refractivity contribution in [3.8, 4) is 17.1 Å². The highest BCUT2D eigenvalue weighted by molar-refractivity contribution is 5.56. The molecule has 0 atom stereocenters. The average Bonchev–Trinajstić information content (AvgIpc) is 2.20. The van der Waals surface area contributed by atoms with Gasteiger partial charge in [0.15, 0.2) is 0 Å². The molecule has 1 N–H and O–H groups in total. The Bertz CT molecular complexity index is 385. The quantitative estimate of drug-likeness (QED) is 0.704. The van der Waals surface area contributed by atoms with Crippen molar-refractivity contribution in [1.82, 2.24) is 15.2 Å². The molecule has 2 heterocycles. The molecule has 4 nitrogen and oxygen atoms in total. The number of nitrogens with zero attached hydrogens (tertiary/aromatic N) is 3. The SMILES string of the molecule is Oc1ccc(-c2cccnc2)nn1. The predicted molar refractivity (Wildman–Crippen MR) is 46.9 cm³/mol. The molecule has 0 saturated carbocycles. The largest absolute Gasteiger partial charge is 0.492 e. The van der Waals surface area contributed by atoms with Gasteiger partial charge in [0.1, 0.15) is 0 Å². The molecule has 0 bridgehead atoms. The van der Waals surface area contributed by atoms with E-state index in [1.54, 1.807) is 18.5 Å². The topological polar surface area (TPSA) is 58.9 Å². The van der Waals surface area contributed by atoms with Gasteiger partial charge in [0.2, 0.25) is 5.88 Å². The molecule has 0 unspecified atom stereocenters. The molecule has 64 valence electrons. The van der Waals surface area contributed by atoms with Gasteiger partial charge in [0.05, 0.1) is 5.69 Å². The predicted octanol–water partition coefficient (Wildman–Crippen LogP) is 1.24. The van der Waals surface area contributed by atoms with E-state index < -0.39 is 0 Å². The molecule has 0 aliphatic rings. The van der Waals surface area contributed by atoms with Crippen molar-refractivity contribution in [2.45, 2.75) is 0 Å². The summed E-state index contributed by atoms with van der Waals surface area (Å²) in [6.45, 7) is 0. The molecule has 0 spiro atoms. The number of pyridine rings is 1. The third kappa shape index (κ3) is 1.61. The summed E-state index contributed by atoms with van der Waals surface area (Å²) in [5.41, 5.74) is 1.58. The summed E-state index contributed by atoms with van der Waals surface area (Å²) in [5.74, 6) is -0.0763. The van der Waals surface area contributed by atoms with E-state index in [2.05, 4.69) is 15.2 Å². The monoisotopic (exact) mass is 173 g/mol. The summed E-state index contributed by atoms with van der Waals surface area (Å²) in [6.07, 6.45) is 3.39. The van der Waals surface area contributed by atoms with Crippen LogP contribution in [-0.2, 0) is 0 Å². The van der Waals surface area contributed by atoms with E-state index in [4.69, 9.17) is 5.11 Å². The number of aromatic hydroxyl groups is 1. The first-order valence-electron chi connectivity index (χ1n) is 3.79. The van der Waals surface area contributed by atoms with Crippen LogP contribution in [0.15, 0.2) is 36.7 Å². The summed E-state index contributed by atoms with van der Waals surface area (Å²) in [7, 11) is 0. The third-order valence-electron chi connectivity index (χ3n) is 1.61. The van der Waals surface area contributed by atoms with Gasteiger partial charge in [-0.05, 0) is 18.2 Å². The van der Waals surface area contributed by atoms with E-state index in [0.717, 1.165) is 5.56 Å². The summed E-state index contributed by atoms with van der Waals surface area (Å²) >= 11 is 0. The fourth-order valence-electron chi connectivity index (χ4n) is 0.993. The van der Waals surface area contributed by atoms with Crippen LogP contribution in [0.25, 0.3) is 11.3 Å². The Balaban J connectivity index is 2.42. The van der Waals surface area contributed by atoms with Gasteiger partial charge in [-0.1, -0.05) is 0 Å². The van der Waals surface area contributed by atoms with Crippen molar-refractivity contribution >= 4 is 0 Å². The van der Waals surface area contributed by atoms with Crippen LogP contribution in [0.1, 0.15) is 0 Å². The third-order valence-corrected chi connectivity index (χ3v) is 1.61. The normalized spacial score (nSPS) is 9.85. The minimum Gasteiger partial charge on any atom is -0.492 e. The lowest BCUT2D eigenvalue weighted by atomic mass is 10.2. The van der Waals surface area contributed by atoms with Crippen LogP contribution in [0, 0.1) is 0 Å². The summed E-state index contributed by atoms with van der Waals surface area (Å²) in [6, 6.07) is 6.90. The van der Waals surface area contributed by atoms with E-state index in [9.17, 15) is 0 Å². The minimum absolute atomic E-state index is 0.0763. The maximum absolute atomic E-state index is 8.91. The van der Waals surface area contributed by atoms with Crippen LogP contribution < -0.4 is 0 Å². The van der Waals surface area contributed by atoms with Crippen molar-refractivity contribution in [1.29, 1.82) is 0 Å². The number of rotatable bonds is 1. The second-order valence-electron chi connectivity index (χ2n) is 2.52. The minimum atomic E-state index is -0.0763. The van der Waals surface area contributed by atoms with Gasteiger partial charge in [0.25, 0.3) is 0 Å². The first-order chi connectivity index (χ1) is 6.36. The Morgan fingerprint density at radius 2 is 2.00 bits per heavy atom. The molecule has 0 aromatic carbocycles. The zero-order valence-corrected chi connectivity index (χ0v) is 6.75. The Kier molecular flexibility index (Phi) is 1.88. The van der Waals surface area contributed by atoms with Crippen molar-refractivity contribution < 1.29 is 5.11 Å². The molecule has 0 radical (unpaired) electrons. The van der Waals surface area contributed by atoms with E-state index in [1.807, 2.05) is 12.1 Å². The fourth-order valence-corrected chi connectivity index (χ4v) is 0.993. The molecule has 2 aromatic rings. The standard InChI is InChI=1S/C9H7N3O/c13-9-4-3-8(11-12-9)7-2-1-5-10-6-7/h1-6H,(H,12,13).